The lowest BCUT2D eigenvalue weighted by Gasteiger charge is -2.11. The molecule has 0 aliphatic rings. The smallest absolute Gasteiger partial charge is 0.339 e. The average Bonchev–Trinajstić information content (AvgIpc) is 2.46. The van der Waals surface area contributed by atoms with Gasteiger partial charge in [-0.25, -0.2) is 4.79 Å². The molecule has 0 spiro atoms. The molecule has 0 aromatic heterocycles. The van der Waals surface area contributed by atoms with Crippen molar-refractivity contribution in [3.63, 3.8) is 0 Å². The van der Waals surface area contributed by atoms with Crippen molar-refractivity contribution in [1.29, 1.82) is 0 Å². The fourth-order valence-electron chi connectivity index (χ4n) is 1.70. The van der Waals surface area contributed by atoms with Crippen LogP contribution in [0.15, 0.2) is 42.5 Å². The second-order valence-corrected chi connectivity index (χ2v) is 4.47. The van der Waals surface area contributed by atoms with E-state index in [1.165, 1.54) is 6.07 Å². The summed E-state index contributed by atoms with van der Waals surface area (Å²) >= 11 is 5.98. The molecular formula is C15H13ClO4. The number of benzene rings is 2. The molecule has 0 atom stereocenters. The molecule has 0 aliphatic heterocycles. The van der Waals surface area contributed by atoms with Crippen LogP contribution >= 0.6 is 11.6 Å². The Bertz CT molecular complexity index is 608. The van der Waals surface area contributed by atoms with Gasteiger partial charge in [-0.15, -0.1) is 0 Å². The number of hydrogen-bond acceptors (Lipinski definition) is 3. The zero-order chi connectivity index (χ0) is 14.5. The molecule has 2 aromatic carbocycles. The zero-order valence-electron chi connectivity index (χ0n) is 10.8. The molecule has 0 bridgehead atoms. The van der Waals surface area contributed by atoms with Gasteiger partial charge in [-0.05, 0) is 29.8 Å². The molecule has 5 heteroatoms. The Morgan fingerprint density at radius 3 is 2.50 bits per heavy atom. The van der Waals surface area contributed by atoms with E-state index < -0.39 is 5.97 Å². The molecule has 0 heterocycles. The SMILES string of the molecule is COc1ccc(COc2c(Cl)cccc2C(=O)O)cc1. The van der Waals surface area contributed by atoms with E-state index in [4.69, 9.17) is 26.2 Å². The van der Waals surface area contributed by atoms with Gasteiger partial charge in [0.25, 0.3) is 0 Å². The first kappa shape index (κ1) is 14.2. The normalized spacial score (nSPS) is 10.1. The first-order valence-electron chi connectivity index (χ1n) is 5.89. The highest BCUT2D eigenvalue weighted by Crippen LogP contribution is 2.29. The third-order valence-electron chi connectivity index (χ3n) is 2.74. The second kappa shape index (κ2) is 6.30. The Labute approximate surface area is 121 Å². The van der Waals surface area contributed by atoms with Crippen LogP contribution in [0.5, 0.6) is 11.5 Å². The van der Waals surface area contributed by atoms with Crippen LogP contribution in [0, 0.1) is 0 Å². The summed E-state index contributed by atoms with van der Waals surface area (Å²) < 4.78 is 10.6. The van der Waals surface area contributed by atoms with Crippen molar-refractivity contribution in [3.05, 3.63) is 58.6 Å². The Kier molecular flexibility index (Phi) is 4.48. The van der Waals surface area contributed by atoms with Crippen molar-refractivity contribution in [2.75, 3.05) is 7.11 Å². The summed E-state index contributed by atoms with van der Waals surface area (Å²) in [7, 11) is 1.59. The van der Waals surface area contributed by atoms with Crippen LogP contribution in [0.4, 0.5) is 0 Å². The Morgan fingerprint density at radius 2 is 1.90 bits per heavy atom. The van der Waals surface area contributed by atoms with Gasteiger partial charge >= 0.3 is 5.97 Å². The lowest BCUT2D eigenvalue weighted by molar-refractivity contribution is 0.0692. The fraction of sp³-hybridized carbons (Fsp3) is 0.133. The van der Waals surface area contributed by atoms with Gasteiger partial charge < -0.3 is 14.6 Å². The first-order chi connectivity index (χ1) is 9.61. The van der Waals surface area contributed by atoms with Crippen molar-refractivity contribution in [3.8, 4) is 11.5 Å². The number of methoxy groups -OCH3 is 1. The minimum absolute atomic E-state index is 0.0472. The summed E-state index contributed by atoms with van der Waals surface area (Å²) in [4.78, 5) is 11.1. The van der Waals surface area contributed by atoms with Crippen LogP contribution in [0.25, 0.3) is 0 Å². The minimum Gasteiger partial charge on any atom is -0.497 e. The van der Waals surface area contributed by atoms with Crippen molar-refractivity contribution >= 4 is 17.6 Å². The molecule has 2 rings (SSSR count). The van der Waals surface area contributed by atoms with Crippen LogP contribution in [0.2, 0.25) is 5.02 Å². The predicted octanol–water partition coefficient (Wildman–Crippen LogP) is 3.63. The van der Waals surface area contributed by atoms with Crippen LogP contribution < -0.4 is 9.47 Å². The fourth-order valence-corrected chi connectivity index (χ4v) is 1.93. The number of rotatable bonds is 5. The number of hydrogen-bond donors (Lipinski definition) is 1. The number of halogens is 1. The molecule has 20 heavy (non-hydrogen) atoms. The van der Waals surface area contributed by atoms with Crippen molar-refractivity contribution in [2.45, 2.75) is 6.61 Å². The number of aromatic carboxylic acids is 1. The van der Waals surface area contributed by atoms with E-state index in [0.29, 0.717) is 0 Å². The Balaban J connectivity index is 2.16. The number of carbonyl (C=O) groups is 1. The largest absolute Gasteiger partial charge is 0.497 e. The summed E-state index contributed by atoms with van der Waals surface area (Å²) in [6, 6.07) is 11.9. The molecule has 1 N–H and O–H groups in total. The molecule has 104 valence electrons. The molecule has 2 aromatic rings. The summed E-state index contributed by atoms with van der Waals surface area (Å²) in [6.07, 6.45) is 0. The standard InChI is InChI=1S/C15H13ClO4/c1-19-11-7-5-10(6-8-11)9-20-14-12(15(17)18)3-2-4-13(14)16/h2-8H,9H2,1H3,(H,17,18). The summed E-state index contributed by atoms with van der Waals surface area (Å²) in [5.74, 6) is -0.146. The van der Waals surface area contributed by atoms with Gasteiger partial charge in [-0.3, -0.25) is 0 Å². The van der Waals surface area contributed by atoms with Gasteiger partial charge in [0, 0.05) is 0 Å². The molecular weight excluding hydrogens is 280 g/mol. The molecule has 0 unspecified atom stereocenters. The zero-order valence-corrected chi connectivity index (χ0v) is 11.6. The maximum absolute atomic E-state index is 11.1. The molecule has 0 saturated heterocycles. The minimum atomic E-state index is -1.07. The summed E-state index contributed by atoms with van der Waals surface area (Å²) in [6.45, 7) is 0.230. The molecule has 0 fully saturated rings. The van der Waals surface area contributed by atoms with Gasteiger partial charge in [0.2, 0.25) is 0 Å². The Morgan fingerprint density at radius 1 is 1.20 bits per heavy atom. The van der Waals surface area contributed by atoms with Crippen LogP contribution in [-0.2, 0) is 6.61 Å². The van der Waals surface area contributed by atoms with E-state index in [9.17, 15) is 4.79 Å². The lowest BCUT2D eigenvalue weighted by Crippen LogP contribution is -2.04. The van der Waals surface area contributed by atoms with Crippen LogP contribution in [0.1, 0.15) is 15.9 Å². The van der Waals surface area contributed by atoms with E-state index in [-0.39, 0.29) is 22.9 Å². The van der Waals surface area contributed by atoms with E-state index >= 15 is 0 Å². The quantitative estimate of drug-likeness (QED) is 0.914. The van der Waals surface area contributed by atoms with E-state index in [1.54, 1.807) is 19.2 Å². The maximum Gasteiger partial charge on any atom is 0.339 e. The first-order valence-corrected chi connectivity index (χ1v) is 6.27. The number of carboxylic acids is 1. The average molecular weight is 293 g/mol. The third kappa shape index (κ3) is 3.22. The van der Waals surface area contributed by atoms with Gasteiger partial charge in [0.15, 0.2) is 5.75 Å². The summed E-state index contributed by atoms with van der Waals surface area (Å²) in [5.41, 5.74) is 0.938. The van der Waals surface area contributed by atoms with E-state index in [1.807, 2.05) is 24.3 Å². The number of ether oxygens (including phenoxy) is 2. The number of para-hydroxylation sites is 1. The van der Waals surface area contributed by atoms with Crippen LogP contribution in [-0.4, -0.2) is 18.2 Å². The second-order valence-electron chi connectivity index (χ2n) is 4.06. The van der Waals surface area contributed by atoms with Gasteiger partial charge in [0.05, 0.1) is 12.1 Å². The summed E-state index contributed by atoms with van der Waals surface area (Å²) in [5, 5.41) is 9.38. The Hall–Kier alpha value is -2.20. The topological polar surface area (TPSA) is 55.8 Å². The van der Waals surface area contributed by atoms with Gasteiger partial charge in [0.1, 0.15) is 17.9 Å². The molecule has 0 radical (unpaired) electrons. The predicted molar refractivity (Wildman–Crippen MR) is 75.7 cm³/mol. The van der Waals surface area contributed by atoms with Crippen molar-refractivity contribution < 1.29 is 19.4 Å². The maximum atomic E-state index is 11.1. The lowest BCUT2D eigenvalue weighted by atomic mass is 10.2. The monoisotopic (exact) mass is 292 g/mol. The van der Waals surface area contributed by atoms with Gasteiger partial charge in [-0.2, -0.15) is 0 Å². The molecule has 4 nitrogen and oxygen atoms in total. The van der Waals surface area contributed by atoms with Crippen molar-refractivity contribution in [1.82, 2.24) is 0 Å². The van der Waals surface area contributed by atoms with Crippen molar-refractivity contribution in [2.24, 2.45) is 0 Å². The highest BCUT2D eigenvalue weighted by atomic mass is 35.5. The highest BCUT2D eigenvalue weighted by Gasteiger charge is 2.14. The molecule has 0 saturated carbocycles. The van der Waals surface area contributed by atoms with Gasteiger partial charge in [-0.1, -0.05) is 29.8 Å². The number of carboxylic acid groups (broad SMARTS) is 1. The third-order valence-corrected chi connectivity index (χ3v) is 3.04. The molecule has 0 aliphatic carbocycles. The van der Waals surface area contributed by atoms with Crippen LogP contribution in [0.3, 0.4) is 0 Å². The highest BCUT2D eigenvalue weighted by molar-refractivity contribution is 6.32. The van der Waals surface area contributed by atoms with E-state index in [2.05, 4.69) is 0 Å². The molecule has 0 amide bonds. The van der Waals surface area contributed by atoms with E-state index in [0.717, 1.165) is 11.3 Å².